The van der Waals surface area contributed by atoms with Crippen molar-refractivity contribution in [2.75, 3.05) is 13.2 Å². The number of aliphatic hydroxyl groups is 2. The lowest BCUT2D eigenvalue weighted by molar-refractivity contribution is -0.143. The number of allylic oxidation sites excluding steroid dienone is 7. The Kier molecular flexibility index (Phi) is 58.5. The molecular weight excluding hydrogens is 875 g/mol. The number of carbonyl (C=O) groups excluding carboxylic acids is 2. The van der Waals surface area contributed by atoms with Gasteiger partial charge in [0.25, 0.3) is 0 Å². The predicted octanol–water partition coefficient (Wildman–Crippen LogP) is 19.7. The summed E-state index contributed by atoms with van der Waals surface area (Å²) in [4.78, 5) is 24.5. The minimum atomic E-state index is -0.855. The second-order valence-corrected chi connectivity index (χ2v) is 21.4. The van der Waals surface area contributed by atoms with Gasteiger partial charge in [0.2, 0.25) is 5.91 Å². The van der Waals surface area contributed by atoms with Crippen LogP contribution < -0.4 is 5.32 Å². The van der Waals surface area contributed by atoms with E-state index in [1.165, 1.54) is 231 Å². The molecule has 0 aromatic rings. The van der Waals surface area contributed by atoms with Crippen molar-refractivity contribution in [1.82, 2.24) is 5.32 Å². The molecular formula is C65H121NO5. The number of carbonyl (C=O) groups is 2. The Morgan fingerprint density at radius 1 is 0.394 bits per heavy atom. The van der Waals surface area contributed by atoms with Crippen LogP contribution in [0.2, 0.25) is 0 Å². The molecule has 0 saturated heterocycles. The van der Waals surface area contributed by atoms with E-state index in [1.54, 1.807) is 6.08 Å². The Hall–Kier alpha value is -2.18. The van der Waals surface area contributed by atoms with Gasteiger partial charge in [-0.2, -0.15) is 0 Å². The van der Waals surface area contributed by atoms with Crippen molar-refractivity contribution in [2.24, 2.45) is 0 Å². The van der Waals surface area contributed by atoms with Gasteiger partial charge in [-0.05, 0) is 83.5 Å². The zero-order chi connectivity index (χ0) is 51.4. The van der Waals surface area contributed by atoms with Crippen LogP contribution in [0.1, 0.15) is 328 Å². The molecule has 0 aromatic carbocycles. The molecule has 2 unspecified atom stereocenters. The largest absolute Gasteiger partial charge is 0.466 e. The second kappa shape index (κ2) is 60.4. The summed E-state index contributed by atoms with van der Waals surface area (Å²) in [5.74, 6) is -0.0932. The Morgan fingerprint density at radius 3 is 1.13 bits per heavy atom. The average molecular weight is 997 g/mol. The van der Waals surface area contributed by atoms with Gasteiger partial charge in [0.05, 0.1) is 25.4 Å². The topological polar surface area (TPSA) is 95.9 Å². The van der Waals surface area contributed by atoms with Crippen molar-refractivity contribution >= 4 is 11.9 Å². The van der Waals surface area contributed by atoms with Crippen molar-refractivity contribution in [2.45, 2.75) is 341 Å². The van der Waals surface area contributed by atoms with Crippen LogP contribution in [0, 0.1) is 0 Å². The number of hydrogen-bond acceptors (Lipinski definition) is 5. The Labute approximate surface area is 442 Å². The fourth-order valence-electron chi connectivity index (χ4n) is 9.47. The van der Waals surface area contributed by atoms with E-state index < -0.39 is 12.1 Å². The van der Waals surface area contributed by atoms with Crippen LogP contribution in [0.4, 0.5) is 0 Å². The number of aliphatic hydroxyl groups excluding tert-OH is 2. The summed E-state index contributed by atoms with van der Waals surface area (Å²) in [6.07, 6.45) is 77.2. The van der Waals surface area contributed by atoms with Crippen molar-refractivity contribution < 1.29 is 24.5 Å². The van der Waals surface area contributed by atoms with Gasteiger partial charge in [-0.15, -0.1) is 0 Å². The van der Waals surface area contributed by atoms with Crippen LogP contribution in [-0.4, -0.2) is 47.4 Å². The summed E-state index contributed by atoms with van der Waals surface area (Å²) in [7, 11) is 0. The highest BCUT2D eigenvalue weighted by atomic mass is 16.5. The van der Waals surface area contributed by atoms with Crippen molar-refractivity contribution in [3.8, 4) is 0 Å². The minimum Gasteiger partial charge on any atom is -0.466 e. The maximum Gasteiger partial charge on any atom is 0.305 e. The first kappa shape index (κ1) is 68.8. The molecule has 0 saturated carbocycles. The van der Waals surface area contributed by atoms with E-state index in [2.05, 4.69) is 55.6 Å². The number of unbranched alkanes of at least 4 members (excludes halogenated alkanes) is 41. The maximum atomic E-state index is 12.5. The number of hydrogen-bond donors (Lipinski definition) is 3. The fraction of sp³-hybridized carbons (Fsp3) is 0.846. The van der Waals surface area contributed by atoms with Crippen LogP contribution in [0.15, 0.2) is 48.6 Å². The van der Waals surface area contributed by atoms with E-state index in [-0.39, 0.29) is 18.5 Å². The van der Waals surface area contributed by atoms with Gasteiger partial charge in [-0.25, -0.2) is 0 Å². The molecule has 3 N–H and O–H groups in total. The lowest BCUT2D eigenvalue weighted by Gasteiger charge is -2.20. The molecule has 1 amide bonds. The summed E-state index contributed by atoms with van der Waals surface area (Å²) in [6, 6.07) is -0.640. The fourth-order valence-corrected chi connectivity index (χ4v) is 9.47. The van der Waals surface area contributed by atoms with E-state index in [1.807, 2.05) is 6.08 Å². The summed E-state index contributed by atoms with van der Waals surface area (Å²) >= 11 is 0. The molecule has 0 radical (unpaired) electrons. The van der Waals surface area contributed by atoms with Gasteiger partial charge < -0.3 is 20.3 Å². The molecule has 0 spiro atoms. The number of amides is 1. The highest BCUT2D eigenvalue weighted by Crippen LogP contribution is 2.17. The number of ether oxygens (including phenoxy) is 1. The van der Waals surface area contributed by atoms with Gasteiger partial charge in [-0.1, -0.05) is 281 Å². The quantitative estimate of drug-likeness (QED) is 0.0321. The summed E-state index contributed by atoms with van der Waals surface area (Å²) < 4.78 is 5.46. The third-order valence-electron chi connectivity index (χ3n) is 14.3. The number of nitrogens with one attached hydrogen (secondary N) is 1. The van der Waals surface area contributed by atoms with Crippen LogP contribution in [0.25, 0.3) is 0 Å². The highest BCUT2D eigenvalue weighted by Gasteiger charge is 2.18. The van der Waals surface area contributed by atoms with Crippen LogP contribution >= 0.6 is 0 Å². The molecule has 0 bridgehead atoms. The zero-order valence-electron chi connectivity index (χ0n) is 47.5. The van der Waals surface area contributed by atoms with Gasteiger partial charge in [-0.3, -0.25) is 9.59 Å². The predicted molar refractivity (Wildman–Crippen MR) is 310 cm³/mol. The first-order valence-electron chi connectivity index (χ1n) is 31.4. The first-order chi connectivity index (χ1) is 35.0. The summed E-state index contributed by atoms with van der Waals surface area (Å²) in [5, 5.41) is 23.2. The lowest BCUT2D eigenvalue weighted by atomic mass is 10.0. The van der Waals surface area contributed by atoms with Gasteiger partial charge in [0.15, 0.2) is 0 Å². The molecule has 71 heavy (non-hydrogen) atoms. The van der Waals surface area contributed by atoms with Gasteiger partial charge >= 0.3 is 5.97 Å². The Morgan fingerprint density at radius 2 is 0.718 bits per heavy atom. The van der Waals surface area contributed by atoms with Crippen molar-refractivity contribution in [3.63, 3.8) is 0 Å². The molecule has 416 valence electrons. The standard InChI is InChI=1S/C65H121NO5/c1-3-5-7-9-11-13-15-17-19-20-21-22-23-24-27-30-33-37-41-45-49-53-57-63(68)62(61-67)66-64(69)58-54-50-46-42-38-34-31-28-25-26-29-32-36-40-44-48-52-56-60-71-65(70)59-55-51-47-43-39-35-18-16-14-12-10-8-6-4-2/h10,12,16,18,28,31,53,57,62-63,67-68H,3-9,11,13-15,17,19-27,29-30,32-52,54-56,58-61H2,1-2H3,(H,66,69)/b12-10-,18-16-,31-28-,57-53+. The Balaban J connectivity index is 3.49. The van der Waals surface area contributed by atoms with E-state index in [0.717, 1.165) is 70.6 Å². The minimum absolute atomic E-state index is 0.0126. The molecule has 2 atom stereocenters. The molecule has 0 aliphatic rings. The van der Waals surface area contributed by atoms with Crippen LogP contribution in [-0.2, 0) is 14.3 Å². The van der Waals surface area contributed by atoms with E-state index in [0.29, 0.717) is 19.4 Å². The van der Waals surface area contributed by atoms with E-state index in [4.69, 9.17) is 4.74 Å². The van der Waals surface area contributed by atoms with E-state index >= 15 is 0 Å². The molecule has 6 heteroatoms. The molecule has 0 rings (SSSR count). The van der Waals surface area contributed by atoms with Gasteiger partial charge in [0, 0.05) is 12.8 Å². The zero-order valence-corrected chi connectivity index (χ0v) is 47.5. The van der Waals surface area contributed by atoms with Crippen LogP contribution in [0.3, 0.4) is 0 Å². The first-order valence-corrected chi connectivity index (χ1v) is 31.4. The molecule has 0 fully saturated rings. The monoisotopic (exact) mass is 996 g/mol. The molecule has 0 aliphatic carbocycles. The number of rotatable bonds is 58. The highest BCUT2D eigenvalue weighted by molar-refractivity contribution is 5.76. The molecule has 0 aromatic heterocycles. The average Bonchev–Trinajstić information content (AvgIpc) is 3.37. The smallest absolute Gasteiger partial charge is 0.305 e. The number of esters is 1. The molecule has 0 aliphatic heterocycles. The lowest BCUT2D eigenvalue weighted by Crippen LogP contribution is -2.45. The third kappa shape index (κ3) is 57.0. The van der Waals surface area contributed by atoms with Crippen molar-refractivity contribution in [1.29, 1.82) is 0 Å². The SMILES string of the molecule is CCCC/C=C\C/C=C\CCCCCCCC(=O)OCCCCCCCCCCC/C=C\CCCCCCCC(=O)NC(CO)C(O)/C=C/CCCCCCCCCCCCCCCCCCCCCC. The van der Waals surface area contributed by atoms with Crippen molar-refractivity contribution in [3.05, 3.63) is 48.6 Å². The Bertz CT molecular complexity index is 1190. The third-order valence-corrected chi connectivity index (χ3v) is 14.3. The molecule has 0 heterocycles. The van der Waals surface area contributed by atoms with Crippen LogP contribution in [0.5, 0.6) is 0 Å². The summed E-state index contributed by atoms with van der Waals surface area (Å²) in [5.41, 5.74) is 0. The van der Waals surface area contributed by atoms with Gasteiger partial charge in [0.1, 0.15) is 0 Å². The maximum absolute atomic E-state index is 12.5. The summed E-state index contributed by atoms with van der Waals surface area (Å²) in [6.45, 7) is 4.86. The normalized spacial score (nSPS) is 12.9. The molecule has 6 nitrogen and oxygen atoms in total. The second-order valence-electron chi connectivity index (χ2n) is 21.4. The van der Waals surface area contributed by atoms with E-state index in [9.17, 15) is 19.8 Å².